The lowest BCUT2D eigenvalue weighted by Crippen LogP contribution is -2.24. The number of carbonyl (C=O) groups excluding carboxylic acids is 1. The van der Waals surface area contributed by atoms with Gasteiger partial charge >= 0.3 is 0 Å². The van der Waals surface area contributed by atoms with Crippen LogP contribution in [0.15, 0.2) is 36.7 Å². The lowest BCUT2D eigenvalue weighted by Gasteiger charge is -2.01. The molecule has 1 amide bonds. The Morgan fingerprint density at radius 3 is 3.04 bits per heavy atom. The van der Waals surface area contributed by atoms with Crippen LogP contribution in [0, 0.1) is 13.8 Å². The topological polar surface area (TPSA) is 76.6 Å². The molecule has 0 bridgehead atoms. The van der Waals surface area contributed by atoms with E-state index in [1.807, 2.05) is 59.3 Å². The second kappa shape index (κ2) is 6.72. The van der Waals surface area contributed by atoms with Gasteiger partial charge in [-0.3, -0.25) is 13.6 Å². The molecule has 132 valence electrons. The highest BCUT2D eigenvalue weighted by Crippen LogP contribution is 2.21. The van der Waals surface area contributed by atoms with E-state index in [9.17, 15) is 4.79 Å². The molecule has 0 fully saturated rings. The molecule has 4 aromatic rings. The van der Waals surface area contributed by atoms with E-state index in [1.165, 1.54) is 4.88 Å². The molecule has 4 heterocycles. The summed E-state index contributed by atoms with van der Waals surface area (Å²) in [7, 11) is 0. The summed E-state index contributed by atoms with van der Waals surface area (Å²) in [5.74, 6) is 0.687. The van der Waals surface area contributed by atoms with E-state index < -0.39 is 0 Å². The van der Waals surface area contributed by atoms with Crippen LogP contribution >= 0.6 is 11.3 Å². The summed E-state index contributed by atoms with van der Waals surface area (Å²) < 4.78 is 3.94. The Kier molecular flexibility index (Phi) is 4.26. The Bertz CT molecular complexity index is 1120. The molecule has 0 unspecified atom stereocenters. The summed E-state index contributed by atoms with van der Waals surface area (Å²) in [6.45, 7) is 4.49. The predicted octanol–water partition coefficient (Wildman–Crippen LogP) is 2.43. The number of nitrogens with zero attached hydrogens (tertiary/aromatic N) is 5. The number of amides is 1. The van der Waals surface area contributed by atoms with Gasteiger partial charge in [-0.2, -0.15) is 0 Å². The maximum atomic E-state index is 12.1. The predicted molar refractivity (Wildman–Crippen MR) is 101 cm³/mol. The lowest BCUT2D eigenvalue weighted by molar-refractivity contribution is -0.116. The SMILES string of the molecule is Cc1cn2c(/C=C/C(=O)NCCc3nnc4ccccn34)c(C)nc2s1. The summed E-state index contributed by atoms with van der Waals surface area (Å²) >= 11 is 1.64. The number of rotatable bonds is 5. The normalized spacial score (nSPS) is 11.8. The minimum Gasteiger partial charge on any atom is -0.352 e. The molecule has 0 aliphatic carbocycles. The smallest absolute Gasteiger partial charge is 0.244 e. The van der Waals surface area contributed by atoms with Crippen LogP contribution in [0.3, 0.4) is 0 Å². The fourth-order valence-electron chi connectivity index (χ4n) is 2.85. The van der Waals surface area contributed by atoms with Gasteiger partial charge in [0.1, 0.15) is 5.82 Å². The van der Waals surface area contributed by atoms with E-state index in [1.54, 1.807) is 17.4 Å². The van der Waals surface area contributed by atoms with Crippen LogP contribution in [0.2, 0.25) is 0 Å². The van der Waals surface area contributed by atoms with Crippen molar-refractivity contribution in [1.29, 1.82) is 0 Å². The average molecular weight is 366 g/mol. The van der Waals surface area contributed by atoms with Crippen LogP contribution in [-0.4, -0.2) is 36.4 Å². The minimum atomic E-state index is -0.139. The second-order valence-electron chi connectivity index (χ2n) is 6.00. The summed E-state index contributed by atoms with van der Waals surface area (Å²) in [4.78, 5) is 18.8. The van der Waals surface area contributed by atoms with Crippen LogP contribution in [0.1, 0.15) is 22.1 Å². The molecular weight excluding hydrogens is 348 g/mol. The van der Waals surface area contributed by atoms with Gasteiger partial charge in [-0.25, -0.2) is 4.98 Å². The van der Waals surface area contributed by atoms with Gasteiger partial charge in [-0.05, 0) is 32.1 Å². The molecule has 7 nitrogen and oxygen atoms in total. The fraction of sp³-hybridized carbons (Fsp3) is 0.222. The van der Waals surface area contributed by atoms with Crippen molar-refractivity contribution in [3.8, 4) is 0 Å². The number of carbonyl (C=O) groups is 1. The lowest BCUT2D eigenvalue weighted by atomic mass is 10.3. The first-order valence-corrected chi connectivity index (χ1v) is 9.13. The molecule has 0 aliphatic heterocycles. The molecule has 4 rings (SSSR count). The van der Waals surface area contributed by atoms with Crippen LogP contribution in [0.25, 0.3) is 16.7 Å². The monoisotopic (exact) mass is 366 g/mol. The van der Waals surface area contributed by atoms with E-state index in [-0.39, 0.29) is 5.91 Å². The Balaban J connectivity index is 1.39. The van der Waals surface area contributed by atoms with Crippen molar-refractivity contribution < 1.29 is 4.79 Å². The largest absolute Gasteiger partial charge is 0.352 e. The number of hydrogen-bond acceptors (Lipinski definition) is 5. The number of fused-ring (bicyclic) bond motifs is 2. The third-order valence-electron chi connectivity index (χ3n) is 4.09. The zero-order valence-electron chi connectivity index (χ0n) is 14.5. The highest BCUT2D eigenvalue weighted by molar-refractivity contribution is 7.17. The van der Waals surface area contributed by atoms with Crippen molar-refractivity contribution in [2.75, 3.05) is 6.54 Å². The van der Waals surface area contributed by atoms with Crippen molar-refractivity contribution in [2.24, 2.45) is 0 Å². The summed E-state index contributed by atoms with van der Waals surface area (Å²) in [5.41, 5.74) is 2.65. The molecule has 4 aromatic heterocycles. The molecule has 0 aliphatic rings. The molecule has 8 heteroatoms. The molecule has 0 aromatic carbocycles. The summed E-state index contributed by atoms with van der Waals surface area (Å²) in [5, 5.41) is 11.2. The van der Waals surface area contributed by atoms with Gasteiger partial charge in [0.25, 0.3) is 0 Å². The minimum absolute atomic E-state index is 0.139. The maximum absolute atomic E-state index is 12.1. The molecule has 0 saturated carbocycles. The Morgan fingerprint density at radius 1 is 1.27 bits per heavy atom. The van der Waals surface area contributed by atoms with Crippen molar-refractivity contribution in [3.05, 3.63) is 58.8 Å². The van der Waals surface area contributed by atoms with Crippen molar-refractivity contribution in [3.63, 3.8) is 0 Å². The molecule has 0 saturated heterocycles. The Morgan fingerprint density at radius 2 is 2.15 bits per heavy atom. The molecule has 0 atom stereocenters. The van der Waals surface area contributed by atoms with Gasteiger partial charge in [0.05, 0.1) is 11.4 Å². The maximum Gasteiger partial charge on any atom is 0.244 e. The Labute approximate surface area is 154 Å². The molecule has 1 N–H and O–H groups in total. The number of hydrogen-bond donors (Lipinski definition) is 1. The molecule has 0 spiro atoms. The van der Waals surface area contributed by atoms with E-state index in [2.05, 4.69) is 20.5 Å². The van der Waals surface area contributed by atoms with Gasteiger partial charge in [0.15, 0.2) is 10.6 Å². The highest BCUT2D eigenvalue weighted by atomic mass is 32.1. The number of thiazole rings is 1. The van der Waals surface area contributed by atoms with Crippen LogP contribution in [-0.2, 0) is 11.2 Å². The first-order chi connectivity index (χ1) is 12.6. The molecule has 0 radical (unpaired) electrons. The second-order valence-corrected chi connectivity index (χ2v) is 7.21. The van der Waals surface area contributed by atoms with Crippen LogP contribution < -0.4 is 5.32 Å². The van der Waals surface area contributed by atoms with Crippen molar-refractivity contribution in [2.45, 2.75) is 20.3 Å². The highest BCUT2D eigenvalue weighted by Gasteiger charge is 2.09. The first-order valence-electron chi connectivity index (χ1n) is 8.31. The van der Waals surface area contributed by atoms with Gasteiger partial charge in [0, 0.05) is 36.3 Å². The number of aryl methyl sites for hydroxylation is 2. The van der Waals surface area contributed by atoms with E-state index in [0.29, 0.717) is 13.0 Å². The van der Waals surface area contributed by atoms with Crippen molar-refractivity contribution in [1.82, 2.24) is 29.3 Å². The standard InChI is InChI=1S/C18H18N6OS/c1-12-11-24-14(13(2)20-18(24)26-12)6-7-17(25)19-9-8-16-22-21-15-5-3-4-10-23(15)16/h3-7,10-11H,8-9H2,1-2H3,(H,19,25)/b7-6+. The zero-order valence-corrected chi connectivity index (χ0v) is 15.3. The fourth-order valence-corrected chi connectivity index (χ4v) is 3.73. The number of nitrogens with one attached hydrogen (secondary N) is 1. The van der Waals surface area contributed by atoms with E-state index in [4.69, 9.17) is 0 Å². The van der Waals surface area contributed by atoms with Gasteiger partial charge in [0.2, 0.25) is 5.91 Å². The molecular formula is C18H18N6OS. The summed E-state index contributed by atoms with van der Waals surface area (Å²) in [6, 6.07) is 5.76. The van der Waals surface area contributed by atoms with Gasteiger partial charge < -0.3 is 5.32 Å². The number of pyridine rings is 1. The van der Waals surface area contributed by atoms with E-state index in [0.717, 1.165) is 27.8 Å². The first kappa shape index (κ1) is 16.5. The van der Waals surface area contributed by atoms with Gasteiger partial charge in [-0.1, -0.05) is 6.07 Å². The van der Waals surface area contributed by atoms with Gasteiger partial charge in [-0.15, -0.1) is 21.5 Å². The quantitative estimate of drug-likeness (QED) is 0.551. The summed E-state index contributed by atoms with van der Waals surface area (Å²) in [6.07, 6.45) is 7.93. The number of imidazole rings is 1. The third kappa shape index (κ3) is 3.11. The Hall–Kier alpha value is -3.00. The van der Waals surface area contributed by atoms with Crippen LogP contribution in [0.4, 0.5) is 0 Å². The van der Waals surface area contributed by atoms with Crippen LogP contribution in [0.5, 0.6) is 0 Å². The number of aromatic nitrogens is 5. The molecule has 26 heavy (non-hydrogen) atoms. The average Bonchev–Trinajstić information content (AvgIpc) is 3.26. The van der Waals surface area contributed by atoms with Crippen molar-refractivity contribution >= 4 is 33.9 Å². The van der Waals surface area contributed by atoms with E-state index >= 15 is 0 Å². The third-order valence-corrected chi connectivity index (χ3v) is 4.99. The zero-order chi connectivity index (χ0) is 18.1.